The van der Waals surface area contributed by atoms with Crippen molar-refractivity contribution in [3.05, 3.63) is 90.3 Å². The second-order valence-corrected chi connectivity index (χ2v) is 7.39. The van der Waals surface area contributed by atoms with Crippen molar-refractivity contribution in [2.45, 2.75) is 19.9 Å². The van der Waals surface area contributed by atoms with Crippen LogP contribution in [0.3, 0.4) is 0 Å². The number of hydrogen-bond acceptors (Lipinski definition) is 5. The molecular weight excluding hydrogens is 402 g/mol. The Labute approximate surface area is 187 Å². The molecule has 0 atom stereocenters. The quantitative estimate of drug-likeness (QED) is 0.396. The van der Waals surface area contributed by atoms with Crippen LogP contribution in [-0.2, 0) is 17.8 Å². The summed E-state index contributed by atoms with van der Waals surface area (Å²) in [5.41, 5.74) is 4.09. The summed E-state index contributed by atoms with van der Waals surface area (Å²) in [6, 6.07) is 25.7. The molecule has 162 valence electrons. The lowest BCUT2D eigenvalue weighted by Gasteiger charge is -2.18. The summed E-state index contributed by atoms with van der Waals surface area (Å²) < 4.78 is 10.6. The van der Waals surface area contributed by atoms with Gasteiger partial charge in [0, 0.05) is 12.1 Å². The zero-order chi connectivity index (χ0) is 22.3. The Hall–Kier alpha value is -3.93. The lowest BCUT2D eigenvalue weighted by atomic mass is 10.0. The monoisotopic (exact) mass is 427 g/mol. The van der Waals surface area contributed by atoms with Gasteiger partial charge in [0.1, 0.15) is 5.75 Å². The minimum Gasteiger partial charge on any atom is -0.497 e. The van der Waals surface area contributed by atoms with E-state index in [-0.39, 0.29) is 12.5 Å². The third-order valence-corrected chi connectivity index (χ3v) is 5.29. The van der Waals surface area contributed by atoms with Gasteiger partial charge in [-0.1, -0.05) is 59.8 Å². The molecule has 6 heteroatoms. The first kappa shape index (κ1) is 21.3. The van der Waals surface area contributed by atoms with E-state index in [0.29, 0.717) is 24.7 Å². The maximum absolute atomic E-state index is 12.9. The zero-order valence-electron chi connectivity index (χ0n) is 18.2. The molecule has 0 N–H and O–H groups in total. The molecule has 3 aromatic carbocycles. The molecule has 6 nitrogen and oxygen atoms in total. The minimum absolute atomic E-state index is 0.0177. The highest BCUT2D eigenvalue weighted by Gasteiger charge is 2.17. The van der Waals surface area contributed by atoms with Crippen LogP contribution in [0.4, 0.5) is 0 Å². The number of benzene rings is 3. The summed E-state index contributed by atoms with van der Waals surface area (Å²) in [5, 5.41) is 4.05. The van der Waals surface area contributed by atoms with E-state index in [1.54, 1.807) is 12.0 Å². The summed E-state index contributed by atoms with van der Waals surface area (Å²) in [5.74, 6) is 1.68. The van der Waals surface area contributed by atoms with E-state index in [9.17, 15) is 4.79 Å². The molecule has 1 heterocycles. The first-order valence-electron chi connectivity index (χ1n) is 10.6. The van der Waals surface area contributed by atoms with Gasteiger partial charge in [-0.15, -0.1) is 0 Å². The van der Waals surface area contributed by atoms with Crippen molar-refractivity contribution in [3.63, 3.8) is 0 Å². The van der Waals surface area contributed by atoms with E-state index in [1.807, 2.05) is 73.7 Å². The third kappa shape index (κ3) is 5.03. The Morgan fingerprint density at radius 2 is 1.56 bits per heavy atom. The van der Waals surface area contributed by atoms with Gasteiger partial charge in [0.2, 0.25) is 17.6 Å². The fraction of sp³-hybridized carbons (Fsp3) is 0.192. The summed E-state index contributed by atoms with van der Waals surface area (Å²) in [4.78, 5) is 19.0. The minimum atomic E-state index is 0.0177. The molecule has 0 aliphatic carbocycles. The van der Waals surface area contributed by atoms with Gasteiger partial charge in [0.25, 0.3) is 0 Å². The Balaban J connectivity index is 1.39. The number of methoxy groups -OCH3 is 1. The Morgan fingerprint density at radius 1 is 0.906 bits per heavy atom. The Morgan fingerprint density at radius 3 is 2.22 bits per heavy atom. The first-order valence-corrected chi connectivity index (χ1v) is 10.6. The highest BCUT2D eigenvalue weighted by Crippen LogP contribution is 2.21. The van der Waals surface area contributed by atoms with Crippen molar-refractivity contribution in [2.75, 3.05) is 13.7 Å². The van der Waals surface area contributed by atoms with Crippen LogP contribution in [-0.4, -0.2) is 34.6 Å². The topological polar surface area (TPSA) is 68.5 Å². The summed E-state index contributed by atoms with van der Waals surface area (Å²) in [7, 11) is 1.62. The average molecular weight is 428 g/mol. The predicted octanol–water partition coefficient (Wildman–Crippen LogP) is 5.00. The molecule has 0 saturated carbocycles. The van der Waals surface area contributed by atoms with E-state index in [2.05, 4.69) is 22.3 Å². The first-order chi connectivity index (χ1) is 15.7. The average Bonchev–Trinajstić information content (AvgIpc) is 3.32. The standard InChI is InChI=1S/C26H25N3O3/c1-3-29(18-24-27-26(28-32-24)22-13-15-23(31-2)16-14-22)25(30)17-19-9-11-21(12-10-19)20-7-5-4-6-8-20/h4-16H,3,17-18H2,1-2H3. The van der Waals surface area contributed by atoms with Crippen molar-refractivity contribution < 1.29 is 14.1 Å². The van der Waals surface area contributed by atoms with E-state index >= 15 is 0 Å². The lowest BCUT2D eigenvalue weighted by molar-refractivity contribution is -0.131. The number of amides is 1. The molecule has 32 heavy (non-hydrogen) atoms. The smallest absolute Gasteiger partial charge is 0.246 e. The molecule has 0 spiro atoms. The van der Waals surface area contributed by atoms with Gasteiger partial charge >= 0.3 is 0 Å². The number of rotatable bonds is 8. The maximum Gasteiger partial charge on any atom is 0.246 e. The van der Waals surface area contributed by atoms with Crippen LogP contribution in [0.25, 0.3) is 22.5 Å². The normalized spacial score (nSPS) is 10.7. The molecule has 0 aliphatic rings. The third-order valence-electron chi connectivity index (χ3n) is 5.29. The van der Waals surface area contributed by atoms with Crippen molar-refractivity contribution >= 4 is 5.91 Å². The number of hydrogen-bond donors (Lipinski definition) is 0. The molecule has 4 aromatic rings. The van der Waals surface area contributed by atoms with E-state index < -0.39 is 0 Å². The molecule has 0 fully saturated rings. The van der Waals surface area contributed by atoms with E-state index in [1.165, 1.54) is 0 Å². The van der Waals surface area contributed by atoms with Gasteiger partial charge in [-0.25, -0.2) is 0 Å². The van der Waals surface area contributed by atoms with Crippen LogP contribution in [0.2, 0.25) is 0 Å². The van der Waals surface area contributed by atoms with Crippen molar-refractivity contribution in [2.24, 2.45) is 0 Å². The Bertz CT molecular complexity index is 1150. The number of carbonyl (C=O) groups is 1. The maximum atomic E-state index is 12.9. The summed E-state index contributed by atoms with van der Waals surface area (Å²) >= 11 is 0. The molecule has 0 radical (unpaired) electrons. The van der Waals surface area contributed by atoms with Crippen LogP contribution in [0.5, 0.6) is 5.75 Å². The number of ether oxygens (including phenoxy) is 1. The molecule has 0 unspecified atom stereocenters. The van der Waals surface area contributed by atoms with Crippen molar-refractivity contribution in [1.82, 2.24) is 15.0 Å². The van der Waals surface area contributed by atoms with Crippen LogP contribution >= 0.6 is 0 Å². The second-order valence-electron chi connectivity index (χ2n) is 7.39. The van der Waals surface area contributed by atoms with Crippen molar-refractivity contribution in [3.8, 4) is 28.3 Å². The van der Waals surface area contributed by atoms with Gasteiger partial charge < -0.3 is 14.2 Å². The SMILES string of the molecule is CCN(Cc1nc(-c2ccc(OC)cc2)no1)C(=O)Cc1ccc(-c2ccccc2)cc1. The molecule has 0 bridgehead atoms. The van der Waals surface area contributed by atoms with Gasteiger partial charge in [-0.2, -0.15) is 4.98 Å². The fourth-order valence-corrected chi connectivity index (χ4v) is 3.45. The molecule has 0 saturated heterocycles. The van der Waals surface area contributed by atoms with Crippen LogP contribution in [0.1, 0.15) is 18.4 Å². The fourth-order valence-electron chi connectivity index (χ4n) is 3.45. The van der Waals surface area contributed by atoms with Gasteiger partial charge in [0.05, 0.1) is 20.1 Å². The predicted molar refractivity (Wildman–Crippen MR) is 123 cm³/mol. The summed E-state index contributed by atoms with van der Waals surface area (Å²) in [6.07, 6.45) is 0.322. The molecule has 1 amide bonds. The van der Waals surface area contributed by atoms with E-state index in [0.717, 1.165) is 28.0 Å². The summed E-state index contributed by atoms with van der Waals surface area (Å²) in [6.45, 7) is 2.78. The molecular formula is C26H25N3O3. The van der Waals surface area contributed by atoms with Crippen LogP contribution in [0.15, 0.2) is 83.4 Å². The second kappa shape index (κ2) is 9.92. The zero-order valence-corrected chi connectivity index (χ0v) is 18.2. The highest BCUT2D eigenvalue weighted by molar-refractivity contribution is 5.79. The van der Waals surface area contributed by atoms with Crippen molar-refractivity contribution in [1.29, 1.82) is 0 Å². The molecule has 0 aliphatic heterocycles. The van der Waals surface area contributed by atoms with Gasteiger partial charge in [0.15, 0.2) is 0 Å². The number of likely N-dealkylation sites (N-methyl/N-ethyl adjacent to an activating group) is 1. The van der Waals surface area contributed by atoms with E-state index in [4.69, 9.17) is 9.26 Å². The molecule has 1 aromatic heterocycles. The van der Waals surface area contributed by atoms with Crippen LogP contribution in [0, 0.1) is 0 Å². The van der Waals surface area contributed by atoms with Gasteiger partial charge in [-0.05, 0) is 47.9 Å². The number of aromatic nitrogens is 2. The molecule has 4 rings (SSSR count). The van der Waals surface area contributed by atoms with Crippen LogP contribution < -0.4 is 4.74 Å². The lowest BCUT2D eigenvalue weighted by Crippen LogP contribution is -2.31. The number of nitrogens with zero attached hydrogens (tertiary/aromatic N) is 3. The Kier molecular flexibility index (Phi) is 6.60. The highest BCUT2D eigenvalue weighted by atomic mass is 16.5. The van der Waals surface area contributed by atoms with Gasteiger partial charge in [-0.3, -0.25) is 4.79 Å². The number of carbonyl (C=O) groups excluding carboxylic acids is 1. The largest absolute Gasteiger partial charge is 0.497 e.